The Hall–Kier alpha value is -3.87. The van der Waals surface area contributed by atoms with Crippen LogP contribution in [0.25, 0.3) is 33.0 Å². The number of imide groups is 1. The summed E-state index contributed by atoms with van der Waals surface area (Å²) in [6.45, 7) is 1.04. The maximum Gasteiger partial charge on any atom is 0.259 e. The van der Waals surface area contributed by atoms with Crippen molar-refractivity contribution in [1.82, 2.24) is 14.9 Å². The van der Waals surface area contributed by atoms with Gasteiger partial charge in [-0.2, -0.15) is 0 Å². The number of benzene rings is 2. The summed E-state index contributed by atoms with van der Waals surface area (Å²) in [6, 6.07) is 12.0. The average molecular weight is 444 g/mol. The van der Waals surface area contributed by atoms with E-state index in [9.17, 15) is 14.0 Å². The predicted molar refractivity (Wildman–Crippen MR) is 125 cm³/mol. The Balaban J connectivity index is 1.73. The lowest BCUT2D eigenvalue weighted by Gasteiger charge is -2.03. The highest BCUT2D eigenvalue weighted by Crippen LogP contribution is 2.38. The number of thiocarbonyl (C=S) groups is 1. The molecule has 6 nitrogen and oxygen atoms in total. The van der Waals surface area contributed by atoms with Gasteiger partial charge in [0, 0.05) is 46.4 Å². The molecule has 158 valence electrons. The third-order valence-corrected chi connectivity index (χ3v) is 5.77. The molecule has 0 spiro atoms. The van der Waals surface area contributed by atoms with Crippen LogP contribution in [0.4, 0.5) is 4.39 Å². The molecule has 8 heteroatoms. The van der Waals surface area contributed by atoms with Gasteiger partial charge in [-0.25, -0.2) is 9.38 Å². The lowest BCUT2D eigenvalue weighted by Crippen LogP contribution is -2.22. The molecule has 3 heterocycles. The second kappa shape index (κ2) is 8.00. The van der Waals surface area contributed by atoms with Crippen LogP contribution in [0.15, 0.2) is 59.9 Å². The molecule has 0 aliphatic carbocycles. The molecular formula is C24H17FN4O2S. The molecule has 0 saturated heterocycles. The first kappa shape index (κ1) is 20.1. The van der Waals surface area contributed by atoms with Gasteiger partial charge in [-0.3, -0.25) is 14.9 Å². The number of carbonyl (C=O) groups excluding carboxylic acids is 2. The highest BCUT2D eigenvalue weighted by atomic mass is 32.1. The summed E-state index contributed by atoms with van der Waals surface area (Å²) < 4.78 is 15.9. The molecule has 32 heavy (non-hydrogen) atoms. The van der Waals surface area contributed by atoms with Crippen molar-refractivity contribution in [3.8, 4) is 0 Å². The minimum Gasteiger partial charge on any atom is -0.361 e. The molecule has 0 bridgehead atoms. The summed E-state index contributed by atoms with van der Waals surface area (Å²) in [7, 11) is 0. The first-order chi connectivity index (χ1) is 15.6. The fraction of sp³-hybridized carbons (Fsp3) is 0.125. The molecule has 0 radical (unpaired) electrons. The number of aromatic amines is 1. The molecule has 0 atom stereocenters. The fourth-order valence-corrected chi connectivity index (χ4v) is 4.35. The number of carbonyl (C=O) groups is 2. The van der Waals surface area contributed by atoms with Crippen molar-refractivity contribution in [2.24, 2.45) is 4.99 Å². The molecule has 0 fully saturated rings. The summed E-state index contributed by atoms with van der Waals surface area (Å²) in [5, 5.41) is 6.31. The molecule has 1 aliphatic heterocycles. The third kappa shape index (κ3) is 3.26. The van der Waals surface area contributed by atoms with Gasteiger partial charge in [-0.05, 0) is 42.9 Å². The quantitative estimate of drug-likeness (QED) is 0.201. The summed E-state index contributed by atoms with van der Waals surface area (Å²) in [6.07, 6.45) is 4.21. The average Bonchev–Trinajstić information content (AvgIpc) is 3.44. The molecule has 1 aliphatic rings. The van der Waals surface area contributed by atoms with Gasteiger partial charge in [-0.1, -0.05) is 18.2 Å². The van der Waals surface area contributed by atoms with Crippen molar-refractivity contribution in [3.05, 3.63) is 71.8 Å². The van der Waals surface area contributed by atoms with E-state index >= 15 is 0 Å². The zero-order chi connectivity index (χ0) is 22.2. The first-order valence-electron chi connectivity index (χ1n) is 10.1. The number of hydrogen-bond acceptors (Lipinski definition) is 4. The number of H-pyrrole nitrogens is 1. The zero-order valence-electron chi connectivity index (χ0n) is 16.8. The van der Waals surface area contributed by atoms with Gasteiger partial charge in [-0.15, -0.1) is 0 Å². The van der Waals surface area contributed by atoms with E-state index in [0.717, 1.165) is 10.9 Å². The van der Waals surface area contributed by atoms with Crippen LogP contribution in [0, 0.1) is 5.82 Å². The van der Waals surface area contributed by atoms with E-state index in [-0.39, 0.29) is 11.4 Å². The van der Waals surface area contributed by atoms with Crippen LogP contribution in [0.1, 0.15) is 17.5 Å². The molecule has 0 unspecified atom stereocenters. The molecule has 5 rings (SSSR count). The summed E-state index contributed by atoms with van der Waals surface area (Å²) in [5.74, 6) is -1.30. The maximum absolute atomic E-state index is 14.1. The van der Waals surface area contributed by atoms with Gasteiger partial charge < -0.3 is 9.55 Å². The topological polar surface area (TPSA) is 79.2 Å². The molecule has 4 aromatic rings. The van der Waals surface area contributed by atoms with Crippen LogP contribution in [0.2, 0.25) is 0 Å². The van der Waals surface area contributed by atoms with E-state index < -0.39 is 11.8 Å². The lowest BCUT2D eigenvalue weighted by molar-refractivity contribution is -0.122. The second-order valence-corrected chi connectivity index (χ2v) is 7.69. The normalized spacial score (nSPS) is 13.8. The molecule has 2 N–H and O–H groups in total. The monoisotopic (exact) mass is 444 g/mol. The lowest BCUT2D eigenvalue weighted by atomic mass is 9.95. The Bertz CT molecular complexity index is 1490. The molecule has 2 aromatic carbocycles. The van der Waals surface area contributed by atoms with Crippen LogP contribution in [-0.4, -0.2) is 33.1 Å². The van der Waals surface area contributed by atoms with Crippen LogP contribution in [-0.2, 0) is 16.1 Å². The van der Waals surface area contributed by atoms with Crippen molar-refractivity contribution < 1.29 is 14.0 Å². The van der Waals surface area contributed by atoms with E-state index in [2.05, 4.69) is 32.7 Å². The molecular weight excluding hydrogens is 427 g/mol. The highest BCUT2D eigenvalue weighted by Gasteiger charge is 2.35. The van der Waals surface area contributed by atoms with Crippen molar-refractivity contribution >= 4 is 62.1 Å². The van der Waals surface area contributed by atoms with Crippen LogP contribution < -0.4 is 5.32 Å². The Morgan fingerprint density at radius 2 is 1.81 bits per heavy atom. The van der Waals surface area contributed by atoms with E-state index in [1.807, 2.05) is 28.8 Å². The zero-order valence-corrected chi connectivity index (χ0v) is 17.6. The summed E-state index contributed by atoms with van der Waals surface area (Å²) >= 11 is 4.60. The van der Waals surface area contributed by atoms with Gasteiger partial charge in [0.05, 0.1) is 28.4 Å². The number of rotatable bonds is 6. The Morgan fingerprint density at radius 1 is 1.03 bits per heavy atom. The molecule has 0 saturated carbocycles. The Kier molecular flexibility index (Phi) is 5.01. The minimum absolute atomic E-state index is 0.284. The van der Waals surface area contributed by atoms with E-state index in [0.29, 0.717) is 47.1 Å². The number of hydrogen-bond donors (Lipinski definition) is 2. The van der Waals surface area contributed by atoms with Gasteiger partial charge in [0.15, 0.2) is 0 Å². The Morgan fingerprint density at radius 3 is 2.62 bits per heavy atom. The summed E-state index contributed by atoms with van der Waals surface area (Å²) in [4.78, 5) is 32.9. The number of isothiocyanates is 1. The number of aromatic nitrogens is 2. The maximum atomic E-state index is 14.1. The second-order valence-electron chi connectivity index (χ2n) is 7.51. The highest BCUT2D eigenvalue weighted by molar-refractivity contribution is 7.78. The largest absolute Gasteiger partial charge is 0.361 e. The summed E-state index contributed by atoms with van der Waals surface area (Å²) in [5.41, 5.74) is 3.33. The standard InChI is InChI=1S/C24H17FN4O2S/c25-14-6-7-16-18(12-29(20(16)10-14)9-3-8-26-13-32)22-21(23(30)28-24(22)31)17-11-27-19-5-2-1-4-15(17)19/h1-2,4-7,10-12,27H,3,8-9H2,(H,28,30,31). The first-order valence-corrected chi connectivity index (χ1v) is 10.5. The number of amides is 2. The van der Waals surface area contributed by atoms with Crippen molar-refractivity contribution in [3.63, 3.8) is 0 Å². The van der Waals surface area contributed by atoms with Gasteiger partial charge in [0.2, 0.25) is 0 Å². The SMILES string of the molecule is O=C1NC(=O)C(c2cn(CCCN=C=S)c3cc(F)ccc23)=C1c1c[nH]c2ccccc12. The number of aliphatic imine (C=N–C) groups is 1. The number of fused-ring (bicyclic) bond motifs is 2. The van der Waals surface area contributed by atoms with Crippen molar-refractivity contribution in [1.29, 1.82) is 0 Å². The predicted octanol–water partition coefficient (Wildman–Crippen LogP) is 4.32. The van der Waals surface area contributed by atoms with E-state index in [1.54, 1.807) is 18.5 Å². The number of para-hydroxylation sites is 1. The molecule has 2 amide bonds. The van der Waals surface area contributed by atoms with E-state index in [1.165, 1.54) is 12.1 Å². The smallest absolute Gasteiger partial charge is 0.259 e. The minimum atomic E-state index is -0.469. The molecule has 2 aromatic heterocycles. The number of halogens is 1. The third-order valence-electron chi connectivity index (χ3n) is 5.64. The number of nitrogens with one attached hydrogen (secondary N) is 2. The number of nitrogens with zero attached hydrogens (tertiary/aromatic N) is 2. The van der Waals surface area contributed by atoms with Crippen molar-refractivity contribution in [2.45, 2.75) is 13.0 Å². The number of aryl methyl sites for hydroxylation is 1. The van der Waals surface area contributed by atoms with Crippen molar-refractivity contribution in [2.75, 3.05) is 6.54 Å². The van der Waals surface area contributed by atoms with Gasteiger partial charge in [0.25, 0.3) is 11.8 Å². The Labute approximate surface area is 187 Å². The fourth-order valence-electron chi connectivity index (χ4n) is 4.26. The van der Waals surface area contributed by atoms with Gasteiger partial charge >= 0.3 is 0 Å². The van der Waals surface area contributed by atoms with Crippen LogP contribution in [0.5, 0.6) is 0 Å². The van der Waals surface area contributed by atoms with E-state index in [4.69, 9.17) is 0 Å². The van der Waals surface area contributed by atoms with Gasteiger partial charge in [0.1, 0.15) is 5.82 Å². The van der Waals surface area contributed by atoms with Crippen LogP contribution in [0.3, 0.4) is 0 Å². The van der Waals surface area contributed by atoms with Crippen LogP contribution >= 0.6 is 12.2 Å².